The lowest BCUT2D eigenvalue weighted by atomic mass is 10.2. The van der Waals surface area contributed by atoms with Crippen LogP contribution in [0.4, 0.5) is 9.18 Å². The molecule has 0 aliphatic rings. The molecule has 18 heavy (non-hydrogen) atoms. The normalized spacial score (nSPS) is 9.67. The van der Waals surface area contributed by atoms with Crippen molar-refractivity contribution in [1.82, 2.24) is 16.0 Å². The van der Waals surface area contributed by atoms with Crippen LogP contribution in [0.25, 0.3) is 0 Å². The predicted octanol–water partition coefficient (Wildman–Crippen LogP) is 0.761. The maximum Gasteiger partial charge on any atom is 0.315 e. The van der Waals surface area contributed by atoms with Gasteiger partial charge in [0.25, 0.3) is 0 Å². The maximum absolute atomic E-state index is 12.8. The molecule has 6 heteroatoms. The quantitative estimate of drug-likeness (QED) is 0.725. The van der Waals surface area contributed by atoms with E-state index in [4.69, 9.17) is 0 Å². The van der Waals surface area contributed by atoms with Crippen molar-refractivity contribution in [2.75, 3.05) is 13.1 Å². The van der Waals surface area contributed by atoms with Crippen molar-refractivity contribution in [2.45, 2.75) is 13.5 Å². The number of likely N-dealkylation sites (N-methyl/N-ethyl adjacent to an activating group) is 1. The van der Waals surface area contributed by atoms with Gasteiger partial charge in [0.15, 0.2) is 0 Å². The summed E-state index contributed by atoms with van der Waals surface area (Å²) in [5.41, 5.74) is 0.656. The summed E-state index contributed by atoms with van der Waals surface area (Å²) in [6.45, 7) is 2.44. The second-order valence-electron chi connectivity index (χ2n) is 3.62. The Bertz CT molecular complexity index is 424. The molecular formula is C12H16FN3O2. The number of rotatable bonds is 5. The molecule has 0 spiro atoms. The minimum Gasteiger partial charge on any atom is -0.355 e. The molecule has 0 aliphatic heterocycles. The summed E-state index contributed by atoms with van der Waals surface area (Å²) < 4.78 is 12.8. The van der Waals surface area contributed by atoms with Crippen molar-refractivity contribution in [3.8, 4) is 0 Å². The van der Waals surface area contributed by atoms with Gasteiger partial charge in [0.1, 0.15) is 5.82 Å². The molecule has 0 aromatic heterocycles. The lowest BCUT2D eigenvalue weighted by Crippen LogP contribution is -2.41. The molecule has 0 atom stereocenters. The summed E-state index contributed by atoms with van der Waals surface area (Å²) in [4.78, 5) is 22.4. The Labute approximate surface area is 105 Å². The third-order valence-corrected chi connectivity index (χ3v) is 2.13. The van der Waals surface area contributed by atoms with E-state index < -0.39 is 6.03 Å². The Balaban J connectivity index is 2.27. The second-order valence-corrected chi connectivity index (χ2v) is 3.62. The third-order valence-electron chi connectivity index (χ3n) is 2.13. The van der Waals surface area contributed by atoms with Crippen LogP contribution in [0.1, 0.15) is 12.5 Å². The van der Waals surface area contributed by atoms with Crippen molar-refractivity contribution in [3.63, 3.8) is 0 Å². The van der Waals surface area contributed by atoms with E-state index in [-0.39, 0.29) is 24.8 Å². The number of carbonyl (C=O) groups excluding carboxylic acids is 2. The van der Waals surface area contributed by atoms with Crippen molar-refractivity contribution in [3.05, 3.63) is 35.6 Å². The number of halogens is 1. The van der Waals surface area contributed by atoms with E-state index in [2.05, 4.69) is 16.0 Å². The van der Waals surface area contributed by atoms with Gasteiger partial charge in [-0.1, -0.05) is 12.1 Å². The lowest BCUT2D eigenvalue weighted by Gasteiger charge is -2.07. The number of hydrogen-bond acceptors (Lipinski definition) is 2. The van der Waals surface area contributed by atoms with Gasteiger partial charge in [-0.25, -0.2) is 9.18 Å². The third kappa shape index (κ3) is 5.29. The maximum atomic E-state index is 12.8. The van der Waals surface area contributed by atoms with Gasteiger partial charge < -0.3 is 16.0 Å². The minimum atomic E-state index is -0.467. The Morgan fingerprint density at radius 3 is 2.67 bits per heavy atom. The zero-order chi connectivity index (χ0) is 13.4. The summed E-state index contributed by atoms with van der Waals surface area (Å²) in [6, 6.07) is 5.47. The van der Waals surface area contributed by atoms with Gasteiger partial charge in [0.2, 0.25) is 5.91 Å². The van der Waals surface area contributed by atoms with E-state index >= 15 is 0 Å². The van der Waals surface area contributed by atoms with Crippen LogP contribution in [0.15, 0.2) is 24.3 Å². The molecule has 5 nitrogen and oxygen atoms in total. The number of amides is 3. The molecule has 0 unspecified atom stereocenters. The molecule has 98 valence electrons. The molecule has 1 aromatic rings. The first kappa shape index (κ1) is 14.0. The highest BCUT2D eigenvalue weighted by atomic mass is 19.1. The molecule has 0 radical (unpaired) electrons. The van der Waals surface area contributed by atoms with E-state index in [1.54, 1.807) is 19.1 Å². The van der Waals surface area contributed by atoms with Crippen LogP contribution in [0, 0.1) is 5.82 Å². The topological polar surface area (TPSA) is 70.2 Å². The summed E-state index contributed by atoms with van der Waals surface area (Å²) in [5.74, 6) is -0.601. The molecule has 1 aromatic carbocycles. The Hall–Kier alpha value is -2.11. The first-order valence-electron chi connectivity index (χ1n) is 5.64. The number of carbonyl (C=O) groups is 2. The van der Waals surface area contributed by atoms with Crippen LogP contribution >= 0.6 is 0 Å². The SMILES string of the molecule is CCNC(=O)CNC(=O)NCc1cccc(F)c1. The van der Waals surface area contributed by atoms with Crippen LogP contribution in [-0.4, -0.2) is 25.0 Å². The van der Waals surface area contributed by atoms with Crippen LogP contribution in [0.2, 0.25) is 0 Å². The minimum absolute atomic E-state index is 0.0805. The summed E-state index contributed by atoms with van der Waals surface area (Å²) in [5, 5.41) is 7.47. The number of nitrogens with one attached hydrogen (secondary N) is 3. The van der Waals surface area contributed by atoms with Gasteiger partial charge in [-0.2, -0.15) is 0 Å². The van der Waals surface area contributed by atoms with Crippen molar-refractivity contribution in [1.29, 1.82) is 0 Å². The standard InChI is InChI=1S/C12H16FN3O2/c1-2-14-11(17)8-16-12(18)15-7-9-4-3-5-10(13)6-9/h3-6H,2,7-8H2,1H3,(H,14,17)(H2,15,16,18). The van der Waals surface area contributed by atoms with Crippen LogP contribution in [0.3, 0.4) is 0 Å². The monoisotopic (exact) mass is 253 g/mol. The molecule has 1 rings (SSSR count). The van der Waals surface area contributed by atoms with Gasteiger partial charge in [-0.05, 0) is 24.6 Å². The van der Waals surface area contributed by atoms with E-state index in [9.17, 15) is 14.0 Å². The van der Waals surface area contributed by atoms with Gasteiger partial charge in [0.05, 0.1) is 6.54 Å². The van der Waals surface area contributed by atoms with Crippen molar-refractivity contribution in [2.24, 2.45) is 0 Å². The second kappa shape index (κ2) is 7.26. The fraction of sp³-hybridized carbons (Fsp3) is 0.333. The highest BCUT2D eigenvalue weighted by molar-refractivity contribution is 5.83. The van der Waals surface area contributed by atoms with Crippen molar-refractivity contribution < 1.29 is 14.0 Å². The molecular weight excluding hydrogens is 237 g/mol. The Morgan fingerprint density at radius 1 is 1.22 bits per heavy atom. The summed E-state index contributed by atoms with van der Waals surface area (Å²) in [6.07, 6.45) is 0. The fourth-order valence-corrected chi connectivity index (χ4v) is 1.31. The van der Waals surface area contributed by atoms with Gasteiger partial charge >= 0.3 is 6.03 Å². The van der Waals surface area contributed by atoms with E-state index in [1.165, 1.54) is 12.1 Å². The fourth-order valence-electron chi connectivity index (χ4n) is 1.31. The van der Waals surface area contributed by atoms with Crippen LogP contribution in [-0.2, 0) is 11.3 Å². The molecule has 0 bridgehead atoms. The van der Waals surface area contributed by atoms with E-state index in [1.807, 2.05) is 0 Å². The van der Waals surface area contributed by atoms with E-state index in [0.717, 1.165) is 0 Å². The van der Waals surface area contributed by atoms with Gasteiger partial charge in [0, 0.05) is 13.1 Å². The smallest absolute Gasteiger partial charge is 0.315 e. The van der Waals surface area contributed by atoms with Crippen LogP contribution < -0.4 is 16.0 Å². The predicted molar refractivity (Wildman–Crippen MR) is 65.3 cm³/mol. The molecule has 0 aliphatic carbocycles. The number of hydrogen-bond donors (Lipinski definition) is 3. The molecule has 0 fully saturated rings. The van der Waals surface area contributed by atoms with Crippen molar-refractivity contribution >= 4 is 11.9 Å². The van der Waals surface area contributed by atoms with Gasteiger partial charge in [-0.15, -0.1) is 0 Å². The number of benzene rings is 1. The summed E-state index contributed by atoms with van der Waals surface area (Å²) in [7, 11) is 0. The zero-order valence-corrected chi connectivity index (χ0v) is 10.1. The Morgan fingerprint density at radius 2 is 2.00 bits per heavy atom. The highest BCUT2D eigenvalue weighted by Crippen LogP contribution is 2.02. The summed E-state index contributed by atoms with van der Waals surface area (Å²) >= 11 is 0. The lowest BCUT2D eigenvalue weighted by molar-refractivity contribution is -0.119. The average molecular weight is 253 g/mol. The number of urea groups is 1. The molecule has 0 heterocycles. The van der Waals surface area contributed by atoms with Crippen LogP contribution in [0.5, 0.6) is 0 Å². The molecule has 3 amide bonds. The first-order chi connectivity index (χ1) is 8.61. The van der Waals surface area contributed by atoms with Gasteiger partial charge in [-0.3, -0.25) is 4.79 Å². The first-order valence-corrected chi connectivity index (χ1v) is 5.64. The largest absolute Gasteiger partial charge is 0.355 e. The van der Waals surface area contributed by atoms with E-state index in [0.29, 0.717) is 12.1 Å². The highest BCUT2D eigenvalue weighted by Gasteiger charge is 2.04. The molecule has 0 saturated heterocycles. The zero-order valence-electron chi connectivity index (χ0n) is 10.1. The molecule has 0 saturated carbocycles. The molecule has 3 N–H and O–H groups in total. The Kier molecular flexibility index (Phi) is 5.63. The average Bonchev–Trinajstić information content (AvgIpc) is 2.34.